The molecule has 6 heteroatoms. The molecule has 0 aliphatic carbocycles. The van der Waals surface area contributed by atoms with Crippen molar-refractivity contribution >= 4 is 37.6 Å². The van der Waals surface area contributed by atoms with Gasteiger partial charge in [-0.2, -0.15) is 8.78 Å². The summed E-state index contributed by atoms with van der Waals surface area (Å²) in [6.07, 6.45) is 0.302. The van der Waals surface area contributed by atoms with Gasteiger partial charge in [-0.15, -0.1) is 0 Å². The topological polar surface area (TPSA) is 26.3 Å². The minimum Gasteiger partial charge on any atom is -0.434 e. The highest BCUT2D eigenvalue weighted by Crippen LogP contribution is 2.30. The Kier molecular flexibility index (Phi) is 5.34. The molecule has 0 spiro atoms. The molecule has 0 unspecified atom stereocenters. The van der Waals surface area contributed by atoms with E-state index in [9.17, 15) is 13.6 Å². The molecule has 0 radical (unpaired) electrons. The van der Waals surface area contributed by atoms with Gasteiger partial charge in [-0.1, -0.05) is 22.0 Å². The summed E-state index contributed by atoms with van der Waals surface area (Å²) in [5.41, 5.74) is 0.345. The van der Waals surface area contributed by atoms with Crippen LogP contribution in [0.5, 0.6) is 5.75 Å². The fourth-order valence-corrected chi connectivity index (χ4v) is 2.07. The Labute approximate surface area is 108 Å². The average molecular weight is 358 g/mol. The van der Waals surface area contributed by atoms with Gasteiger partial charge < -0.3 is 4.74 Å². The average Bonchev–Trinajstić information content (AvgIpc) is 2.21. The maximum Gasteiger partial charge on any atom is 0.387 e. The van der Waals surface area contributed by atoms with Crippen LogP contribution in [0, 0.1) is 0 Å². The van der Waals surface area contributed by atoms with E-state index < -0.39 is 6.61 Å². The van der Waals surface area contributed by atoms with Crippen molar-refractivity contribution in [3.05, 3.63) is 28.2 Å². The van der Waals surface area contributed by atoms with E-state index in [0.29, 0.717) is 17.3 Å². The van der Waals surface area contributed by atoms with Crippen LogP contribution >= 0.6 is 31.9 Å². The van der Waals surface area contributed by atoms with Crippen LogP contribution in [0.3, 0.4) is 0 Å². The first-order valence-corrected chi connectivity index (χ1v) is 6.30. The van der Waals surface area contributed by atoms with Crippen molar-refractivity contribution in [3.63, 3.8) is 0 Å². The van der Waals surface area contributed by atoms with Crippen LogP contribution < -0.4 is 4.74 Å². The van der Waals surface area contributed by atoms with Crippen LogP contribution in [0.15, 0.2) is 22.7 Å². The quantitative estimate of drug-likeness (QED) is 0.587. The molecular weight excluding hydrogens is 350 g/mol. The molecule has 1 rings (SSSR count). The second-order valence-electron chi connectivity index (χ2n) is 2.86. The number of carbonyl (C=O) groups excluding carboxylic acids is 1. The summed E-state index contributed by atoms with van der Waals surface area (Å²) >= 11 is 6.23. The molecule has 0 aliphatic rings. The lowest BCUT2D eigenvalue weighted by atomic mass is 10.1. The number of ether oxygens (including phenoxy) is 1. The van der Waals surface area contributed by atoms with E-state index in [0.717, 1.165) is 0 Å². The Morgan fingerprint density at radius 2 is 2.12 bits per heavy atom. The number of alkyl halides is 3. The standard InChI is InChI=1S/C10H8Br2F2O2/c11-5-4-7(15)6-2-1-3-8(9(6)12)16-10(13)14/h1-3,10H,4-5H2. The third kappa shape index (κ3) is 3.52. The lowest BCUT2D eigenvalue weighted by molar-refractivity contribution is -0.0504. The Bertz CT molecular complexity index is 383. The molecule has 0 fully saturated rings. The van der Waals surface area contributed by atoms with Gasteiger partial charge in [0.2, 0.25) is 0 Å². The zero-order valence-electron chi connectivity index (χ0n) is 8.05. The van der Waals surface area contributed by atoms with Gasteiger partial charge >= 0.3 is 6.61 Å². The van der Waals surface area contributed by atoms with Crippen molar-refractivity contribution in [1.29, 1.82) is 0 Å². The zero-order valence-corrected chi connectivity index (χ0v) is 11.2. The van der Waals surface area contributed by atoms with Crippen LogP contribution in [-0.4, -0.2) is 17.7 Å². The van der Waals surface area contributed by atoms with E-state index in [1.54, 1.807) is 6.07 Å². The monoisotopic (exact) mass is 356 g/mol. The van der Waals surface area contributed by atoms with Gasteiger partial charge in [-0.3, -0.25) is 4.79 Å². The number of Topliss-reactive ketones (excluding diaryl/α,β-unsaturated/α-hetero) is 1. The number of halogens is 4. The first-order chi connectivity index (χ1) is 7.56. The number of ketones is 1. The lowest BCUT2D eigenvalue weighted by Crippen LogP contribution is -2.06. The van der Waals surface area contributed by atoms with Gasteiger partial charge in [0.05, 0.1) is 4.47 Å². The predicted molar refractivity (Wildman–Crippen MR) is 63.5 cm³/mol. The number of carbonyl (C=O) groups is 1. The van der Waals surface area contributed by atoms with E-state index in [1.165, 1.54) is 12.1 Å². The molecule has 0 saturated heterocycles. The van der Waals surface area contributed by atoms with Crippen LogP contribution in [0.2, 0.25) is 0 Å². The van der Waals surface area contributed by atoms with E-state index in [1.807, 2.05) is 0 Å². The van der Waals surface area contributed by atoms with Gasteiger partial charge in [0.25, 0.3) is 0 Å². The van der Waals surface area contributed by atoms with Crippen molar-refractivity contribution in [1.82, 2.24) is 0 Å². The first-order valence-electron chi connectivity index (χ1n) is 4.38. The summed E-state index contributed by atoms with van der Waals surface area (Å²) in [6.45, 7) is -2.90. The summed E-state index contributed by atoms with van der Waals surface area (Å²) in [7, 11) is 0. The van der Waals surface area contributed by atoms with E-state index in [2.05, 4.69) is 36.6 Å². The van der Waals surface area contributed by atoms with Crippen molar-refractivity contribution < 1.29 is 18.3 Å². The Morgan fingerprint density at radius 3 is 2.69 bits per heavy atom. The molecule has 0 atom stereocenters. The highest BCUT2D eigenvalue weighted by molar-refractivity contribution is 9.10. The molecule has 1 aromatic carbocycles. The molecular formula is C10H8Br2F2O2. The lowest BCUT2D eigenvalue weighted by Gasteiger charge is -2.09. The molecule has 0 bridgehead atoms. The molecule has 1 aromatic rings. The molecule has 0 heterocycles. The predicted octanol–water partition coefficient (Wildman–Crippen LogP) is 4.02. The van der Waals surface area contributed by atoms with Gasteiger partial charge in [0.15, 0.2) is 5.78 Å². The third-order valence-corrected chi connectivity index (χ3v) is 3.02. The highest BCUT2D eigenvalue weighted by atomic mass is 79.9. The fraction of sp³-hybridized carbons (Fsp3) is 0.300. The van der Waals surface area contributed by atoms with Crippen LogP contribution in [0.4, 0.5) is 8.78 Å². The summed E-state index contributed by atoms with van der Waals surface area (Å²) in [4.78, 5) is 11.6. The second-order valence-corrected chi connectivity index (χ2v) is 4.44. The molecule has 0 N–H and O–H groups in total. The first kappa shape index (κ1) is 13.6. The number of hydrogen-bond acceptors (Lipinski definition) is 2. The molecule has 88 valence electrons. The SMILES string of the molecule is O=C(CCBr)c1cccc(OC(F)F)c1Br. The van der Waals surface area contributed by atoms with Crippen molar-refractivity contribution in [2.24, 2.45) is 0 Å². The molecule has 0 amide bonds. The maximum atomic E-state index is 12.0. The van der Waals surface area contributed by atoms with E-state index in [4.69, 9.17) is 0 Å². The van der Waals surface area contributed by atoms with Crippen molar-refractivity contribution in [2.75, 3.05) is 5.33 Å². The largest absolute Gasteiger partial charge is 0.434 e. The second kappa shape index (κ2) is 6.30. The van der Waals surface area contributed by atoms with Crippen molar-refractivity contribution in [3.8, 4) is 5.75 Å². The van der Waals surface area contributed by atoms with Crippen LogP contribution in [0.1, 0.15) is 16.8 Å². The third-order valence-electron chi connectivity index (χ3n) is 1.80. The summed E-state index contributed by atoms with van der Waals surface area (Å²) in [6, 6.07) is 4.44. The van der Waals surface area contributed by atoms with Crippen LogP contribution in [-0.2, 0) is 0 Å². The summed E-state index contributed by atoms with van der Waals surface area (Å²) in [5, 5.41) is 0.526. The minimum absolute atomic E-state index is 0.0320. The highest BCUT2D eigenvalue weighted by Gasteiger charge is 2.15. The Morgan fingerprint density at radius 1 is 1.44 bits per heavy atom. The number of hydrogen-bond donors (Lipinski definition) is 0. The molecule has 2 nitrogen and oxygen atoms in total. The maximum absolute atomic E-state index is 12.0. The van der Waals surface area contributed by atoms with Gasteiger partial charge in [0, 0.05) is 17.3 Å². The molecule has 0 aliphatic heterocycles. The van der Waals surface area contributed by atoms with E-state index in [-0.39, 0.29) is 16.0 Å². The molecule has 16 heavy (non-hydrogen) atoms. The zero-order chi connectivity index (χ0) is 12.1. The molecule has 0 saturated carbocycles. The Balaban J connectivity index is 2.99. The smallest absolute Gasteiger partial charge is 0.387 e. The molecule has 0 aromatic heterocycles. The number of rotatable bonds is 5. The van der Waals surface area contributed by atoms with Gasteiger partial charge in [-0.25, -0.2) is 0 Å². The minimum atomic E-state index is -2.90. The number of benzene rings is 1. The van der Waals surface area contributed by atoms with E-state index >= 15 is 0 Å². The normalized spacial score (nSPS) is 10.6. The van der Waals surface area contributed by atoms with Crippen molar-refractivity contribution in [2.45, 2.75) is 13.0 Å². The fourth-order valence-electron chi connectivity index (χ4n) is 1.13. The van der Waals surface area contributed by atoms with Gasteiger partial charge in [0.1, 0.15) is 5.75 Å². The van der Waals surface area contributed by atoms with Crippen LogP contribution in [0.25, 0.3) is 0 Å². The van der Waals surface area contributed by atoms with Gasteiger partial charge in [-0.05, 0) is 28.1 Å². The Hall–Kier alpha value is -0.490. The summed E-state index contributed by atoms with van der Waals surface area (Å²) in [5.74, 6) is -0.168. The summed E-state index contributed by atoms with van der Waals surface area (Å²) < 4.78 is 28.6.